The molecule has 1 nitrogen and oxygen atoms in total. The van der Waals surface area contributed by atoms with E-state index in [-0.39, 0.29) is 5.41 Å². The lowest BCUT2D eigenvalue weighted by Gasteiger charge is -2.27. The maximum Gasteiger partial charge on any atom is 0.387 e. The standard InChI is InChI=1S/C14H20F2O/c1-4-5-10-14(2,3)11-8-6-7-9-12(11)17-13(15)16/h6-9,13H,4-5,10H2,1-3H3. The zero-order valence-electron chi connectivity index (χ0n) is 10.7. The zero-order valence-corrected chi connectivity index (χ0v) is 10.7. The molecule has 0 aliphatic heterocycles. The molecule has 0 N–H and O–H groups in total. The van der Waals surface area contributed by atoms with Gasteiger partial charge in [0, 0.05) is 5.56 Å². The van der Waals surface area contributed by atoms with Crippen molar-refractivity contribution in [3.8, 4) is 5.75 Å². The quantitative estimate of drug-likeness (QED) is 0.699. The molecule has 0 saturated heterocycles. The third kappa shape index (κ3) is 3.99. The van der Waals surface area contributed by atoms with E-state index in [2.05, 4.69) is 25.5 Å². The number of benzene rings is 1. The molecule has 0 saturated carbocycles. The Balaban J connectivity index is 2.94. The van der Waals surface area contributed by atoms with Crippen LogP contribution in [0.4, 0.5) is 8.78 Å². The third-order valence-electron chi connectivity index (χ3n) is 2.99. The van der Waals surface area contributed by atoms with Gasteiger partial charge in [-0.1, -0.05) is 51.8 Å². The average molecular weight is 242 g/mol. The van der Waals surface area contributed by atoms with Gasteiger partial charge in [0.25, 0.3) is 0 Å². The molecule has 1 aromatic rings. The van der Waals surface area contributed by atoms with Crippen molar-refractivity contribution in [3.05, 3.63) is 29.8 Å². The highest BCUT2D eigenvalue weighted by Crippen LogP contribution is 2.35. The SMILES string of the molecule is CCCCC(C)(C)c1ccccc1OC(F)F. The van der Waals surface area contributed by atoms with Gasteiger partial charge in [-0.3, -0.25) is 0 Å². The molecule has 1 aromatic carbocycles. The Hall–Kier alpha value is -1.12. The molecular weight excluding hydrogens is 222 g/mol. The van der Waals surface area contributed by atoms with E-state index >= 15 is 0 Å². The van der Waals surface area contributed by atoms with Gasteiger partial charge >= 0.3 is 6.61 Å². The summed E-state index contributed by atoms with van der Waals surface area (Å²) in [7, 11) is 0. The summed E-state index contributed by atoms with van der Waals surface area (Å²) in [6.07, 6.45) is 3.14. The first-order valence-corrected chi connectivity index (χ1v) is 6.01. The van der Waals surface area contributed by atoms with Gasteiger partial charge in [-0.05, 0) is 17.9 Å². The molecule has 1 rings (SSSR count). The van der Waals surface area contributed by atoms with Crippen LogP contribution in [0.25, 0.3) is 0 Å². The van der Waals surface area contributed by atoms with Crippen molar-refractivity contribution in [3.63, 3.8) is 0 Å². The second-order valence-corrected chi connectivity index (χ2v) is 4.86. The van der Waals surface area contributed by atoms with Crippen LogP contribution in [0.15, 0.2) is 24.3 Å². The van der Waals surface area contributed by atoms with Crippen molar-refractivity contribution in [2.24, 2.45) is 0 Å². The monoisotopic (exact) mass is 242 g/mol. The molecule has 0 spiro atoms. The number of halogens is 2. The fraction of sp³-hybridized carbons (Fsp3) is 0.571. The molecule has 0 aliphatic rings. The predicted molar refractivity (Wildman–Crippen MR) is 65.6 cm³/mol. The Bertz CT molecular complexity index is 348. The van der Waals surface area contributed by atoms with Crippen LogP contribution in [-0.2, 0) is 5.41 Å². The van der Waals surface area contributed by atoms with Gasteiger partial charge in [-0.25, -0.2) is 0 Å². The van der Waals surface area contributed by atoms with Crippen LogP contribution >= 0.6 is 0 Å². The minimum absolute atomic E-state index is 0.137. The van der Waals surface area contributed by atoms with E-state index in [0.717, 1.165) is 24.8 Å². The Kier molecular flexibility index (Phi) is 4.91. The number of alkyl halides is 2. The van der Waals surface area contributed by atoms with Gasteiger partial charge in [0.1, 0.15) is 5.75 Å². The summed E-state index contributed by atoms with van der Waals surface area (Å²) in [5.41, 5.74) is 0.718. The maximum absolute atomic E-state index is 12.3. The van der Waals surface area contributed by atoms with Crippen molar-refractivity contribution in [1.29, 1.82) is 0 Å². The fourth-order valence-corrected chi connectivity index (χ4v) is 1.98. The highest BCUT2D eigenvalue weighted by Gasteiger charge is 2.24. The topological polar surface area (TPSA) is 9.23 Å². The van der Waals surface area contributed by atoms with Crippen molar-refractivity contribution in [2.75, 3.05) is 0 Å². The largest absolute Gasteiger partial charge is 0.435 e. The van der Waals surface area contributed by atoms with Gasteiger partial charge in [0.15, 0.2) is 0 Å². The van der Waals surface area contributed by atoms with E-state index in [1.165, 1.54) is 0 Å². The summed E-state index contributed by atoms with van der Waals surface area (Å²) in [6.45, 7) is 3.49. The second kappa shape index (κ2) is 5.99. The van der Waals surface area contributed by atoms with Crippen LogP contribution in [-0.4, -0.2) is 6.61 Å². The van der Waals surface area contributed by atoms with E-state index in [4.69, 9.17) is 0 Å². The van der Waals surface area contributed by atoms with E-state index < -0.39 is 6.61 Å². The first-order chi connectivity index (χ1) is 7.97. The number of hydrogen-bond donors (Lipinski definition) is 0. The van der Waals surface area contributed by atoms with Crippen molar-refractivity contribution >= 4 is 0 Å². The highest BCUT2D eigenvalue weighted by atomic mass is 19.3. The number of unbranched alkanes of at least 4 members (excludes halogenated alkanes) is 1. The molecule has 3 heteroatoms. The summed E-state index contributed by atoms with van der Waals surface area (Å²) < 4.78 is 29.2. The van der Waals surface area contributed by atoms with Crippen LogP contribution in [0, 0.1) is 0 Å². The highest BCUT2D eigenvalue weighted by molar-refractivity contribution is 5.38. The number of rotatable bonds is 6. The maximum atomic E-state index is 12.3. The van der Waals surface area contributed by atoms with E-state index in [9.17, 15) is 8.78 Å². The number of para-hydroxylation sites is 1. The first kappa shape index (κ1) is 13.9. The molecule has 0 aliphatic carbocycles. The van der Waals surface area contributed by atoms with Crippen molar-refractivity contribution < 1.29 is 13.5 Å². The molecule has 0 heterocycles. The van der Waals surface area contributed by atoms with Gasteiger partial charge in [0.2, 0.25) is 0 Å². The van der Waals surface area contributed by atoms with E-state index in [0.29, 0.717) is 5.75 Å². The summed E-state index contributed by atoms with van der Waals surface area (Å²) in [6, 6.07) is 7.06. The van der Waals surface area contributed by atoms with Crippen LogP contribution in [0.2, 0.25) is 0 Å². The molecule has 0 radical (unpaired) electrons. The van der Waals surface area contributed by atoms with Crippen LogP contribution in [0.1, 0.15) is 45.6 Å². The summed E-state index contributed by atoms with van der Waals surface area (Å²) in [5, 5.41) is 0. The minimum atomic E-state index is -2.77. The summed E-state index contributed by atoms with van der Waals surface area (Å²) in [5.74, 6) is 0.295. The van der Waals surface area contributed by atoms with Gasteiger partial charge in [0.05, 0.1) is 0 Å². The van der Waals surface area contributed by atoms with Crippen LogP contribution in [0.5, 0.6) is 5.75 Å². The van der Waals surface area contributed by atoms with Crippen molar-refractivity contribution in [1.82, 2.24) is 0 Å². The number of hydrogen-bond acceptors (Lipinski definition) is 1. The van der Waals surface area contributed by atoms with Crippen molar-refractivity contribution in [2.45, 2.75) is 52.1 Å². The smallest absolute Gasteiger partial charge is 0.387 e. The average Bonchev–Trinajstić information content (AvgIpc) is 2.26. The molecule has 96 valence electrons. The summed E-state index contributed by atoms with van der Waals surface area (Å²) in [4.78, 5) is 0. The zero-order chi connectivity index (χ0) is 12.9. The Morgan fingerprint density at radius 1 is 1.24 bits per heavy atom. The molecule has 0 atom stereocenters. The molecular formula is C14H20F2O. The van der Waals surface area contributed by atoms with Gasteiger partial charge < -0.3 is 4.74 Å². The Labute approximate surface area is 102 Å². The lowest BCUT2D eigenvalue weighted by atomic mass is 9.80. The molecule has 0 aromatic heterocycles. The predicted octanol–water partition coefficient (Wildman–Crippen LogP) is 4.76. The number of ether oxygens (including phenoxy) is 1. The van der Waals surface area contributed by atoms with Gasteiger partial charge in [-0.2, -0.15) is 8.78 Å². The molecule has 0 fully saturated rings. The minimum Gasteiger partial charge on any atom is -0.435 e. The lowest BCUT2D eigenvalue weighted by Crippen LogP contribution is -2.19. The van der Waals surface area contributed by atoms with Crippen LogP contribution in [0.3, 0.4) is 0 Å². The third-order valence-corrected chi connectivity index (χ3v) is 2.99. The lowest BCUT2D eigenvalue weighted by molar-refractivity contribution is -0.0509. The van der Waals surface area contributed by atoms with E-state index in [1.54, 1.807) is 12.1 Å². The Morgan fingerprint density at radius 3 is 2.47 bits per heavy atom. The second-order valence-electron chi connectivity index (χ2n) is 4.86. The Morgan fingerprint density at radius 2 is 1.88 bits per heavy atom. The normalized spacial score (nSPS) is 11.9. The molecule has 0 amide bonds. The molecule has 0 unspecified atom stereocenters. The van der Waals surface area contributed by atoms with Crippen LogP contribution < -0.4 is 4.74 Å². The van der Waals surface area contributed by atoms with E-state index in [1.807, 2.05) is 12.1 Å². The molecule has 17 heavy (non-hydrogen) atoms. The van der Waals surface area contributed by atoms with Gasteiger partial charge in [-0.15, -0.1) is 0 Å². The first-order valence-electron chi connectivity index (χ1n) is 6.01. The summed E-state index contributed by atoms with van der Waals surface area (Å²) >= 11 is 0. The fourth-order valence-electron chi connectivity index (χ4n) is 1.98. The molecule has 0 bridgehead atoms.